The van der Waals surface area contributed by atoms with E-state index < -0.39 is 15.9 Å². The number of hydrogen-bond donors (Lipinski definition) is 3. The predicted molar refractivity (Wildman–Crippen MR) is 99.1 cm³/mol. The van der Waals surface area contributed by atoms with Crippen LogP contribution in [0.2, 0.25) is 5.02 Å². The van der Waals surface area contributed by atoms with E-state index in [4.69, 9.17) is 16.7 Å². The Morgan fingerprint density at radius 1 is 1.44 bits per heavy atom. The van der Waals surface area contributed by atoms with Crippen LogP contribution in [0.1, 0.15) is 12.6 Å². The first-order valence-electron chi connectivity index (χ1n) is 7.27. The third kappa shape index (κ3) is 4.91. The lowest BCUT2D eigenvalue weighted by atomic mass is 10.2. The largest absolute Gasteiger partial charge is 0.394 e. The Bertz CT molecular complexity index is 896. The number of benzene rings is 1. The molecule has 1 heterocycles. The van der Waals surface area contributed by atoms with E-state index in [1.165, 1.54) is 23.5 Å². The van der Waals surface area contributed by atoms with Crippen LogP contribution in [0, 0.1) is 6.92 Å². The zero-order chi connectivity index (χ0) is 18.8. The van der Waals surface area contributed by atoms with Crippen LogP contribution in [0.5, 0.6) is 0 Å². The fourth-order valence-corrected chi connectivity index (χ4v) is 4.31. The van der Waals surface area contributed by atoms with E-state index in [9.17, 15) is 13.2 Å². The third-order valence-electron chi connectivity index (χ3n) is 3.26. The Morgan fingerprint density at radius 2 is 2.12 bits per heavy atom. The van der Waals surface area contributed by atoms with Gasteiger partial charge in [0.25, 0.3) is 0 Å². The van der Waals surface area contributed by atoms with Crippen molar-refractivity contribution in [2.24, 2.45) is 0 Å². The molecule has 0 aliphatic carbocycles. The molecule has 2 amide bonds. The molecule has 1 aromatic carbocycles. The highest BCUT2D eigenvalue weighted by atomic mass is 35.5. The van der Waals surface area contributed by atoms with Crippen molar-refractivity contribution in [1.82, 2.24) is 10.3 Å². The Balaban J connectivity index is 2.30. The van der Waals surface area contributed by atoms with Crippen molar-refractivity contribution in [3.05, 3.63) is 28.9 Å². The first-order chi connectivity index (χ1) is 11.6. The van der Waals surface area contributed by atoms with E-state index in [-0.39, 0.29) is 22.6 Å². The number of aromatic nitrogens is 1. The normalized spacial score (nSPS) is 12.7. The molecule has 10 heteroatoms. The lowest BCUT2D eigenvalue weighted by molar-refractivity contribution is 0.229. The number of carbonyl (C=O) groups is 1. The van der Waals surface area contributed by atoms with E-state index in [2.05, 4.69) is 15.6 Å². The minimum atomic E-state index is -3.46. The van der Waals surface area contributed by atoms with E-state index in [0.29, 0.717) is 16.4 Å². The summed E-state index contributed by atoms with van der Waals surface area (Å²) in [6.07, 6.45) is 1.09. The van der Waals surface area contributed by atoms with Gasteiger partial charge in [-0.05, 0) is 31.5 Å². The predicted octanol–water partition coefficient (Wildman–Crippen LogP) is 2.68. The fourth-order valence-electron chi connectivity index (χ4n) is 2.05. The number of sulfone groups is 1. The molecule has 0 fully saturated rings. The topological polar surface area (TPSA) is 108 Å². The maximum absolute atomic E-state index is 11.8. The minimum absolute atomic E-state index is 0.0449. The van der Waals surface area contributed by atoms with Gasteiger partial charge in [0.2, 0.25) is 0 Å². The van der Waals surface area contributed by atoms with Crippen LogP contribution >= 0.6 is 22.9 Å². The first-order valence-corrected chi connectivity index (χ1v) is 10.4. The summed E-state index contributed by atoms with van der Waals surface area (Å²) < 4.78 is 23.6. The molecule has 25 heavy (non-hydrogen) atoms. The van der Waals surface area contributed by atoms with Gasteiger partial charge in [-0.1, -0.05) is 29.0 Å². The zero-order valence-corrected chi connectivity index (χ0v) is 16.2. The van der Waals surface area contributed by atoms with Gasteiger partial charge in [0.05, 0.1) is 33.1 Å². The van der Waals surface area contributed by atoms with Gasteiger partial charge in [-0.2, -0.15) is 0 Å². The molecule has 7 nitrogen and oxygen atoms in total. The number of carbonyl (C=O) groups excluding carboxylic acids is 1. The number of hydrogen-bond acceptors (Lipinski definition) is 6. The van der Waals surface area contributed by atoms with Gasteiger partial charge in [-0.3, -0.25) is 5.32 Å². The van der Waals surface area contributed by atoms with Gasteiger partial charge in [0.1, 0.15) is 0 Å². The van der Waals surface area contributed by atoms with Gasteiger partial charge in [-0.15, -0.1) is 0 Å². The second kappa shape index (κ2) is 7.69. The quantitative estimate of drug-likeness (QED) is 0.711. The standard InChI is InChI=1S/C15H18ClN3O4S2/c1-8(7-20)17-14(21)19-15-18-9(2)13(24-15)10-4-5-11(16)12(6-10)25(3,22)23/h4-6,8,20H,7H2,1-3H3,(H2,17,18,19,21)/t8-/m0/s1. The highest BCUT2D eigenvalue weighted by Gasteiger charge is 2.17. The molecule has 2 aromatic rings. The van der Waals surface area contributed by atoms with Crippen LogP contribution in [0.15, 0.2) is 23.1 Å². The average molecular weight is 404 g/mol. The summed E-state index contributed by atoms with van der Waals surface area (Å²) >= 11 is 7.18. The Labute approximate surface area is 155 Å². The molecular formula is C15H18ClN3O4S2. The Morgan fingerprint density at radius 3 is 2.72 bits per heavy atom. The lowest BCUT2D eigenvalue weighted by Crippen LogP contribution is -2.38. The number of thiazole rings is 1. The summed E-state index contributed by atoms with van der Waals surface area (Å²) in [4.78, 5) is 16.9. The van der Waals surface area contributed by atoms with Crippen molar-refractivity contribution in [2.75, 3.05) is 18.2 Å². The summed E-state index contributed by atoms with van der Waals surface area (Å²) in [5, 5.41) is 14.6. The molecule has 2 rings (SSSR count). The second-order valence-corrected chi connectivity index (χ2v) is 8.92. The van der Waals surface area contributed by atoms with Crippen molar-refractivity contribution in [1.29, 1.82) is 0 Å². The molecule has 0 aliphatic rings. The minimum Gasteiger partial charge on any atom is -0.394 e. The lowest BCUT2D eigenvalue weighted by Gasteiger charge is -2.10. The molecule has 0 aliphatic heterocycles. The summed E-state index contributed by atoms with van der Waals surface area (Å²) in [6.45, 7) is 3.26. The number of nitrogens with zero attached hydrogens (tertiary/aromatic N) is 1. The average Bonchev–Trinajstić information content (AvgIpc) is 2.86. The molecule has 0 saturated carbocycles. The number of nitrogens with one attached hydrogen (secondary N) is 2. The van der Waals surface area contributed by atoms with Crippen LogP contribution in [0.3, 0.4) is 0 Å². The molecule has 0 saturated heterocycles. The van der Waals surface area contributed by atoms with E-state index >= 15 is 0 Å². The fraction of sp³-hybridized carbons (Fsp3) is 0.333. The molecule has 1 aromatic heterocycles. The molecule has 1 atom stereocenters. The van der Waals surface area contributed by atoms with Gasteiger partial charge in [0.15, 0.2) is 15.0 Å². The van der Waals surface area contributed by atoms with Gasteiger partial charge < -0.3 is 10.4 Å². The van der Waals surface area contributed by atoms with Crippen molar-refractivity contribution in [2.45, 2.75) is 24.8 Å². The van der Waals surface area contributed by atoms with Gasteiger partial charge in [0, 0.05) is 6.26 Å². The van der Waals surface area contributed by atoms with Crippen LogP contribution in [-0.2, 0) is 9.84 Å². The van der Waals surface area contributed by atoms with Gasteiger partial charge in [-0.25, -0.2) is 18.2 Å². The number of urea groups is 1. The Kier molecular flexibility index (Phi) is 6.04. The van der Waals surface area contributed by atoms with Crippen molar-refractivity contribution in [3.8, 4) is 10.4 Å². The van der Waals surface area contributed by atoms with Crippen LogP contribution in [-0.4, -0.2) is 43.4 Å². The molecule has 0 spiro atoms. The molecular weight excluding hydrogens is 386 g/mol. The maximum Gasteiger partial charge on any atom is 0.321 e. The number of aryl methyl sites for hydroxylation is 1. The maximum atomic E-state index is 11.8. The number of rotatable bonds is 5. The smallest absolute Gasteiger partial charge is 0.321 e. The summed E-state index contributed by atoms with van der Waals surface area (Å²) in [6, 6.07) is 3.86. The molecule has 0 bridgehead atoms. The van der Waals surface area contributed by atoms with Crippen LogP contribution < -0.4 is 10.6 Å². The summed E-state index contributed by atoms with van der Waals surface area (Å²) in [5.74, 6) is 0. The van der Waals surface area contributed by atoms with E-state index in [1.807, 2.05) is 0 Å². The monoisotopic (exact) mass is 403 g/mol. The highest BCUT2D eigenvalue weighted by Crippen LogP contribution is 2.35. The molecule has 0 unspecified atom stereocenters. The van der Waals surface area contributed by atoms with Crippen molar-refractivity contribution < 1.29 is 18.3 Å². The summed E-state index contributed by atoms with van der Waals surface area (Å²) in [7, 11) is -3.46. The highest BCUT2D eigenvalue weighted by molar-refractivity contribution is 7.90. The molecule has 0 radical (unpaired) electrons. The van der Waals surface area contributed by atoms with E-state index in [0.717, 1.165) is 11.1 Å². The molecule has 3 N–H and O–H groups in total. The number of halogens is 1. The van der Waals surface area contributed by atoms with Crippen LogP contribution in [0.4, 0.5) is 9.93 Å². The SMILES string of the molecule is Cc1nc(NC(=O)N[C@@H](C)CO)sc1-c1ccc(Cl)c(S(C)(=O)=O)c1. The van der Waals surface area contributed by atoms with E-state index in [1.54, 1.807) is 19.9 Å². The third-order valence-corrected chi connectivity index (χ3v) is 5.96. The Hall–Kier alpha value is -1.68. The van der Waals surface area contributed by atoms with Gasteiger partial charge >= 0.3 is 6.03 Å². The zero-order valence-electron chi connectivity index (χ0n) is 13.8. The van der Waals surface area contributed by atoms with Crippen molar-refractivity contribution in [3.63, 3.8) is 0 Å². The van der Waals surface area contributed by atoms with Crippen LogP contribution in [0.25, 0.3) is 10.4 Å². The second-order valence-electron chi connectivity index (χ2n) is 5.53. The summed E-state index contributed by atoms with van der Waals surface area (Å²) in [5.41, 5.74) is 1.30. The number of amides is 2. The molecule has 136 valence electrons. The number of aliphatic hydroxyl groups excluding tert-OH is 1. The van der Waals surface area contributed by atoms with Crippen molar-refractivity contribution >= 4 is 43.9 Å². The number of anilines is 1. The number of aliphatic hydroxyl groups is 1. The first kappa shape index (κ1) is 19.6.